The first-order chi connectivity index (χ1) is 10.8. The number of fused-ring (bicyclic) bond motifs is 1. The van der Waals surface area contributed by atoms with Crippen LogP contribution in [0.5, 0.6) is 0 Å². The molecular weight excluding hydrogens is 276 g/mol. The lowest BCUT2D eigenvalue weighted by atomic mass is 9.96. The van der Waals surface area contributed by atoms with Crippen LogP contribution in [0.15, 0.2) is 18.2 Å². The van der Waals surface area contributed by atoms with Crippen molar-refractivity contribution in [3.05, 3.63) is 29.3 Å². The Bertz CT molecular complexity index is 522. The first kappa shape index (κ1) is 15.3. The van der Waals surface area contributed by atoms with Gasteiger partial charge in [0.1, 0.15) is 0 Å². The van der Waals surface area contributed by atoms with Gasteiger partial charge in [0.2, 0.25) is 0 Å². The van der Waals surface area contributed by atoms with Crippen LogP contribution in [-0.2, 0) is 22.4 Å². The van der Waals surface area contributed by atoms with Crippen LogP contribution in [0.2, 0.25) is 0 Å². The number of nitrogens with one attached hydrogen (secondary N) is 1. The third-order valence-electron chi connectivity index (χ3n) is 4.80. The van der Waals surface area contributed by atoms with Gasteiger partial charge in [0.15, 0.2) is 0 Å². The molecule has 1 fully saturated rings. The molecule has 1 saturated heterocycles. The van der Waals surface area contributed by atoms with E-state index in [9.17, 15) is 4.79 Å². The second-order valence-electron chi connectivity index (χ2n) is 6.29. The lowest BCUT2D eigenvalue weighted by Crippen LogP contribution is -2.38. The van der Waals surface area contributed by atoms with Crippen molar-refractivity contribution in [2.45, 2.75) is 32.6 Å². The van der Waals surface area contributed by atoms with Crippen molar-refractivity contribution in [1.29, 1.82) is 0 Å². The molecule has 0 radical (unpaired) electrons. The fourth-order valence-corrected chi connectivity index (χ4v) is 3.45. The monoisotopic (exact) mass is 302 g/mol. The summed E-state index contributed by atoms with van der Waals surface area (Å²) < 4.78 is 5.13. The fraction of sp³-hybridized carbons (Fsp3) is 0.611. The highest BCUT2D eigenvalue weighted by atomic mass is 16.5. The molecule has 4 nitrogen and oxygen atoms in total. The zero-order valence-corrected chi connectivity index (χ0v) is 13.4. The van der Waals surface area contributed by atoms with Crippen LogP contribution in [0.25, 0.3) is 0 Å². The van der Waals surface area contributed by atoms with Gasteiger partial charge in [-0.25, -0.2) is 0 Å². The van der Waals surface area contributed by atoms with Gasteiger partial charge in [0.05, 0.1) is 12.5 Å². The number of benzene rings is 1. The topological polar surface area (TPSA) is 41.6 Å². The Morgan fingerprint density at radius 3 is 2.95 bits per heavy atom. The highest BCUT2D eigenvalue weighted by Crippen LogP contribution is 2.24. The third-order valence-corrected chi connectivity index (χ3v) is 4.80. The van der Waals surface area contributed by atoms with Crippen LogP contribution >= 0.6 is 0 Å². The maximum Gasteiger partial charge on any atom is 0.309 e. The molecule has 1 aromatic rings. The zero-order valence-electron chi connectivity index (χ0n) is 13.4. The highest BCUT2D eigenvalue weighted by molar-refractivity contribution is 5.72. The van der Waals surface area contributed by atoms with Gasteiger partial charge in [0, 0.05) is 18.8 Å². The molecule has 2 aliphatic rings. The summed E-state index contributed by atoms with van der Waals surface area (Å²) in [5.74, 6) is 0.107. The van der Waals surface area contributed by atoms with Crippen molar-refractivity contribution in [3.63, 3.8) is 0 Å². The summed E-state index contributed by atoms with van der Waals surface area (Å²) in [5.41, 5.74) is 4.19. The second kappa shape index (κ2) is 7.14. The second-order valence-corrected chi connectivity index (χ2v) is 6.29. The van der Waals surface area contributed by atoms with Gasteiger partial charge in [-0.2, -0.15) is 0 Å². The number of rotatable bonds is 5. The molecule has 1 N–H and O–H groups in total. The first-order valence-corrected chi connectivity index (χ1v) is 8.51. The van der Waals surface area contributed by atoms with E-state index in [0.717, 1.165) is 51.9 Å². The lowest BCUT2D eigenvalue weighted by Gasteiger charge is -2.30. The normalized spacial score (nSPS) is 18.8. The van der Waals surface area contributed by atoms with Gasteiger partial charge in [-0.3, -0.25) is 4.79 Å². The summed E-state index contributed by atoms with van der Waals surface area (Å²) in [4.78, 5) is 14.2. The maximum atomic E-state index is 11.7. The summed E-state index contributed by atoms with van der Waals surface area (Å²) in [5, 5.41) is 3.40. The van der Waals surface area contributed by atoms with Gasteiger partial charge in [0.25, 0.3) is 0 Å². The summed E-state index contributed by atoms with van der Waals surface area (Å²) in [6.45, 7) is 6.54. The van der Waals surface area contributed by atoms with Crippen molar-refractivity contribution in [2.24, 2.45) is 5.92 Å². The third kappa shape index (κ3) is 3.61. The number of hydrogen-bond acceptors (Lipinski definition) is 4. The van der Waals surface area contributed by atoms with Crippen molar-refractivity contribution < 1.29 is 9.53 Å². The summed E-state index contributed by atoms with van der Waals surface area (Å²) >= 11 is 0. The average molecular weight is 302 g/mol. The van der Waals surface area contributed by atoms with E-state index in [-0.39, 0.29) is 11.9 Å². The minimum atomic E-state index is -0.00623. The molecule has 0 unspecified atom stereocenters. The number of anilines is 1. The molecule has 0 saturated carbocycles. The number of nitrogens with zero attached hydrogens (tertiary/aromatic N) is 1. The van der Waals surface area contributed by atoms with Crippen molar-refractivity contribution in [3.8, 4) is 0 Å². The SMILES string of the molecule is CCOC(=O)C1CCN(CCc2ccc3c(c2)CCN3)CC1. The fourth-order valence-electron chi connectivity index (χ4n) is 3.45. The Kier molecular flexibility index (Phi) is 4.98. The summed E-state index contributed by atoms with van der Waals surface area (Å²) in [6.07, 6.45) is 4.12. The molecule has 0 aromatic heterocycles. The van der Waals surface area contributed by atoms with Gasteiger partial charge < -0.3 is 15.0 Å². The summed E-state index contributed by atoms with van der Waals surface area (Å²) in [7, 11) is 0. The Morgan fingerprint density at radius 1 is 1.36 bits per heavy atom. The molecule has 2 heterocycles. The van der Waals surface area contributed by atoms with Crippen molar-refractivity contribution >= 4 is 11.7 Å². The molecule has 120 valence electrons. The molecule has 4 heteroatoms. The average Bonchev–Trinajstić information content (AvgIpc) is 3.01. The molecular formula is C18H26N2O2. The molecule has 22 heavy (non-hydrogen) atoms. The number of likely N-dealkylation sites (tertiary alicyclic amines) is 1. The highest BCUT2D eigenvalue weighted by Gasteiger charge is 2.25. The smallest absolute Gasteiger partial charge is 0.309 e. The first-order valence-electron chi connectivity index (χ1n) is 8.51. The van der Waals surface area contributed by atoms with E-state index in [2.05, 4.69) is 28.4 Å². The van der Waals surface area contributed by atoms with Crippen LogP contribution < -0.4 is 5.32 Å². The molecule has 0 atom stereocenters. The molecule has 0 aliphatic carbocycles. The number of carbonyl (C=O) groups excluding carboxylic acids is 1. The number of carbonyl (C=O) groups is 1. The number of esters is 1. The predicted octanol–water partition coefficient (Wildman–Crippen LogP) is 2.47. The van der Waals surface area contributed by atoms with E-state index in [0.29, 0.717) is 6.61 Å². The zero-order chi connectivity index (χ0) is 15.4. The minimum absolute atomic E-state index is 0.00623. The standard InChI is InChI=1S/C18H26N2O2/c1-2-22-18(21)15-7-11-20(12-8-15)10-6-14-3-4-17-16(13-14)5-9-19-17/h3-4,13,15,19H,2,5-12H2,1H3. The lowest BCUT2D eigenvalue weighted by molar-refractivity contribution is -0.149. The Morgan fingerprint density at radius 2 is 2.18 bits per heavy atom. The van der Waals surface area contributed by atoms with E-state index >= 15 is 0 Å². The quantitative estimate of drug-likeness (QED) is 0.849. The molecule has 0 amide bonds. The molecule has 3 rings (SSSR count). The van der Waals surface area contributed by atoms with E-state index in [1.165, 1.54) is 16.8 Å². The van der Waals surface area contributed by atoms with Crippen molar-refractivity contribution in [1.82, 2.24) is 4.90 Å². The number of piperidine rings is 1. The van der Waals surface area contributed by atoms with Crippen LogP contribution in [-0.4, -0.2) is 43.7 Å². The van der Waals surface area contributed by atoms with E-state index < -0.39 is 0 Å². The Labute approximate surface area is 132 Å². The molecule has 0 bridgehead atoms. The Hall–Kier alpha value is -1.55. The van der Waals surface area contributed by atoms with Crippen LogP contribution in [0.4, 0.5) is 5.69 Å². The van der Waals surface area contributed by atoms with Crippen LogP contribution in [0.3, 0.4) is 0 Å². The van der Waals surface area contributed by atoms with Gasteiger partial charge in [-0.05, 0) is 62.9 Å². The summed E-state index contributed by atoms with van der Waals surface area (Å²) in [6, 6.07) is 6.80. The van der Waals surface area contributed by atoms with Crippen LogP contribution in [0, 0.1) is 5.92 Å². The van der Waals surface area contributed by atoms with Crippen molar-refractivity contribution in [2.75, 3.05) is 38.1 Å². The van der Waals surface area contributed by atoms with Gasteiger partial charge >= 0.3 is 5.97 Å². The molecule has 0 spiro atoms. The molecule has 2 aliphatic heterocycles. The minimum Gasteiger partial charge on any atom is -0.466 e. The van der Waals surface area contributed by atoms with E-state index in [4.69, 9.17) is 4.74 Å². The predicted molar refractivity (Wildman–Crippen MR) is 88.1 cm³/mol. The number of ether oxygens (including phenoxy) is 1. The van der Waals surface area contributed by atoms with E-state index in [1.807, 2.05) is 6.92 Å². The largest absolute Gasteiger partial charge is 0.466 e. The van der Waals surface area contributed by atoms with Crippen LogP contribution in [0.1, 0.15) is 30.9 Å². The van der Waals surface area contributed by atoms with Gasteiger partial charge in [-0.1, -0.05) is 12.1 Å². The van der Waals surface area contributed by atoms with Gasteiger partial charge in [-0.15, -0.1) is 0 Å². The number of hydrogen-bond donors (Lipinski definition) is 1. The Balaban J connectivity index is 1.44. The molecule has 1 aromatic carbocycles. The van der Waals surface area contributed by atoms with E-state index in [1.54, 1.807) is 0 Å². The maximum absolute atomic E-state index is 11.7.